The van der Waals surface area contributed by atoms with Crippen LogP contribution in [0.4, 0.5) is 0 Å². The average Bonchev–Trinajstić information content (AvgIpc) is 3.19. The Hall–Kier alpha value is -3.81. The third-order valence-electron chi connectivity index (χ3n) is 6.22. The van der Waals surface area contributed by atoms with Crippen LogP contribution in [0.5, 0.6) is 11.5 Å². The summed E-state index contributed by atoms with van der Waals surface area (Å²) in [5, 5.41) is 0. The van der Waals surface area contributed by atoms with Crippen molar-refractivity contribution in [1.29, 1.82) is 0 Å². The van der Waals surface area contributed by atoms with Crippen molar-refractivity contribution in [2.75, 3.05) is 0 Å². The normalized spacial score (nSPS) is 19.3. The Kier molecular flexibility index (Phi) is 5.96. The molecule has 0 radical (unpaired) electrons. The van der Waals surface area contributed by atoms with Crippen LogP contribution in [0.3, 0.4) is 0 Å². The van der Waals surface area contributed by atoms with E-state index in [2.05, 4.69) is 0 Å². The molecule has 0 aromatic heterocycles. The first-order valence-corrected chi connectivity index (χ1v) is 11.4. The van der Waals surface area contributed by atoms with Gasteiger partial charge in [0.2, 0.25) is 0 Å². The molecule has 0 unspecified atom stereocenters. The lowest BCUT2D eigenvalue weighted by Gasteiger charge is -2.25. The standard InChI is InChI=1S/C28H24O7/c1-15-16(2)34-28(33-15)21-13-22(32-14-18-9-5-4-6-10-18)23-24(27(21)35-17(3)29)26(31)20-12-8-7-11-19(20)25(23)30/h4-13,15-16,28H,14H2,1-3H3/t15-,16-/m1/s1. The molecule has 1 fully saturated rings. The summed E-state index contributed by atoms with van der Waals surface area (Å²) in [4.78, 5) is 39.4. The van der Waals surface area contributed by atoms with Crippen molar-refractivity contribution in [3.63, 3.8) is 0 Å². The lowest BCUT2D eigenvalue weighted by Crippen LogP contribution is -2.25. The molecule has 0 amide bonds. The molecule has 178 valence electrons. The molecule has 2 atom stereocenters. The number of ether oxygens (including phenoxy) is 4. The van der Waals surface area contributed by atoms with Crippen LogP contribution in [0.25, 0.3) is 0 Å². The molecule has 0 spiro atoms. The first kappa shape index (κ1) is 23.0. The van der Waals surface area contributed by atoms with Gasteiger partial charge in [-0.25, -0.2) is 0 Å². The van der Waals surface area contributed by atoms with Crippen LogP contribution < -0.4 is 9.47 Å². The van der Waals surface area contributed by atoms with Crippen LogP contribution in [0, 0.1) is 0 Å². The first-order chi connectivity index (χ1) is 16.8. The van der Waals surface area contributed by atoms with Gasteiger partial charge in [-0.15, -0.1) is 0 Å². The number of benzene rings is 3. The van der Waals surface area contributed by atoms with Crippen LogP contribution in [0.15, 0.2) is 60.7 Å². The highest BCUT2D eigenvalue weighted by molar-refractivity contribution is 6.30. The minimum absolute atomic E-state index is 0.0242. The van der Waals surface area contributed by atoms with Gasteiger partial charge in [-0.2, -0.15) is 0 Å². The van der Waals surface area contributed by atoms with Crippen molar-refractivity contribution in [3.8, 4) is 11.5 Å². The van der Waals surface area contributed by atoms with E-state index >= 15 is 0 Å². The van der Waals surface area contributed by atoms with Crippen molar-refractivity contribution in [1.82, 2.24) is 0 Å². The third kappa shape index (κ3) is 4.13. The summed E-state index contributed by atoms with van der Waals surface area (Å²) in [7, 11) is 0. The molecule has 0 saturated carbocycles. The lowest BCUT2D eigenvalue weighted by molar-refractivity contribution is -0.132. The topological polar surface area (TPSA) is 88.1 Å². The van der Waals surface area contributed by atoms with Gasteiger partial charge < -0.3 is 18.9 Å². The van der Waals surface area contributed by atoms with Crippen LogP contribution in [0.1, 0.15) is 70.0 Å². The van der Waals surface area contributed by atoms with Crippen LogP contribution in [-0.4, -0.2) is 29.7 Å². The van der Waals surface area contributed by atoms with Gasteiger partial charge in [0.1, 0.15) is 12.4 Å². The zero-order chi connectivity index (χ0) is 24.7. The predicted octanol–water partition coefficient (Wildman–Crippen LogP) is 4.79. The van der Waals surface area contributed by atoms with Crippen molar-refractivity contribution in [3.05, 3.63) is 94.0 Å². The molecule has 3 aromatic rings. The van der Waals surface area contributed by atoms with E-state index < -0.39 is 18.0 Å². The monoisotopic (exact) mass is 472 g/mol. The second-order valence-electron chi connectivity index (χ2n) is 8.63. The van der Waals surface area contributed by atoms with E-state index in [0.717, 1.165) is 5.56 Å². The van der Waals surface area contributed by atoms with E-state index in [1.165, 1.54) is 6.92 Å². The molecule has 5 rings (SSSR count). The molecule has 0 N–H and O–H groups in total. The fourth-order valence-electron chi connectivity index (χ4n) is 4.32. The molecule has 1 aliphatic heterocycles. The zero-order valence-electron chi connectivity index (χ0n) is 19.6. The van der Waals surface area contributed by atoms with Gasteiger partial charge in [-0.05, 0) is 25.5 Å². The van der Waals surface area contributed by atoms with Crippen LogP contribution in [0.2, 0.25) is 0 Å². The minimum Gasteiger partial charge on any atom is -0.488 e. The Morgan fingerprint density at radius 1 is 0.857 bits per heavy atom. The zero-order valence-corrected chi connectivity index (χ0v) is 19.6. The van der Waals surface area contributed by atoms with Crippen LogP contribution in [-0.2, 0) is 20.9 Å². The summed E-state index contributed by atoms with van der Waals surface area (Å²) < 4.78 is 23.6. The van der Waals surface area contributed by atoms with Gasteiger partial charge in [0, 0.05) is 18.1 Å². The van der Waals surface area contributed by atoms with Crippen molar-refractivity contribution in [2.24, 2.45) is 0 Å². The van der Waals surface area contributed by atoms with E-state index in [0.29, 0.717) is 5.56 Å². The predicted molar refractivity (Wildman–Crippen MR) is 126 cm³/mol. The quantitative estimate of drug-likeness (QED) is 0.305. The molecule has 0 bridgehead atoms. The van der Waals surface area contributed by atoms with Crippen molar-refractivity contribution < 1.29 is 33.3 Å². The van der Waals surface area contributed by atoms with Crippen LogP contribution >= 0.6 is 0 Å². The maximum atomic E-state index is 13.7. The summed E-state index contributed by atoms with van der Waals surface area (Å²) in [5.41, 5.74) is 1.75. The Morgan fingerprint density at radius 2 is 1.43 bits per heavy atom. The Morgan fingerprint density at radius 3 is 2.03 bits per heavy atom. The van der Waals surface area contributed by atoms with E-state index in [1.807, 2.05) is 44.2 Å². The highest BCUT2D eigenvalue weighted by Gasteiger charge is 2.41. The minimum atomic E-state index is -0.904. The molecule has 1 aliphatic carbocycles. The number of rotatable bonds is 5. The second kappa shape index (κ2) is 9.09. The first-order valence-electron chi connectivity index (χ1n) is 11.4. The SMILES string of the molecule is CC(=O)Oc1c(C2O[C@H](C)[C@@H](C)O2)cc(OCc2ccccc2)c2c1C(=O)c1ccccc1C2=O. The van der Waals surface area contributed by atoms with Gasteiger partial charge >= 0.3 is 5.97 Å². The molecule has 35 heavy (non-hydrogen) atoms. The molecule has 1 saturated heterocycles. The van der Waals surface area contributed by atoms with E-state index in [9.17, 15) is 14.4 Å². The summed E-state index contributed by atoms with van der Waals surface area (Å²) in [6.45, 7) is 5.14. The maximum absolute atomic E-state index is 13.7. The number of fused-ring (bicyclic) bond motifs is 2. The van der Waals surface area contributed by atoms with E-state index in [1.54, 1.807) is 30.3 Å². The number of hydrogen-bond acceptors (Lipinski definition) is 7. The summed E-state index contributed by atoms with van der Waals surface area (Å²) in [6, 6.07) is 17.6. The fraction of sp³-hybridized carbons (Fsp3) is 0.250. The smallest absolute Gasteiger partial charge is 0.308 e. The average molecular weight is 472 g/mol. The summed E-state index contributed by atoms with van der Waals surface area (Å²) in [6.07, 6.45) is -1.36. The number of ketones is 2. The molecular formula is C28H24O7. The molecule has 2 aliphatic rings. The molecule has 7 heteroatoms. The Bertz CT molecular complexity index is 1320. The maximum Gasteiger partial charge on any atom is 0.308 e. The second-order valence-corrected chi connectivity index (χ2v) is 8.63. The van der Waals surface area contributed by atoms with E-state index in [4.69, 9.17) is 18.9 Å². The summed E-state index contributed by atoms with van der Waals surface area (Å²) in [5.74, 6) is -1.30. The molecule has 1 heterocycles. The van der Waals surface area contributed by atoms with Gasteiger partial charge in [0.05, 0.1) is 28.9 Å². The van der Waals surface area contributed by atoms with Gasteiger partial charge in [-0.3, -0.25) is 14.4 Å². The van der Waals surface area contributed by atoms with E-state index in [-0.39, 0.29) is 58.4 Å². The highest BCUT2D eigenvalue weighted by atomic mass is 16.7. The molecule has 7 nitrogen and oxygen atoms in total. The third-order valence-corrected chi connectivity index (χ3v) is 6.22. The van der Waals surface area contributed by atoms with Gasteiger partial charge in [0.15, 0.2) is 23.6 Å². The summed E-state index contributed by atoms with van der Waals surface area (Å²) >= 11 is 0. The molecule has 3 aromatic carbocycles. The van der Waals surface area contributed by atoms with Crippen molar-refractivity contribution in [2.45, 2.75) is 45.9 Å². The molecular weight excluding hydrogens is 448 g/mol. The number of hydrogen-bond donors (Lipinski definition) is 0. The number of esters is 1. The largest absolute Gasteiger partial charge is 0.488 e. The Labute approximate surface area is 202 Å². The number of carbonyl (C=O) groups excluding carboxylic acids is 3. The highest BCUT2D eigenvalue weighted by Crippen LogP contribution is 2.46. The fourth-order valence-corrected chi connectivity index (χ4v) is 4.32. The van der Waals surface area contributed by atoms with Crippen molar-refractivity contribution >= 4 is 17.5 Å². The number of carbonyl (C=O) groups is 3. The van der Waals surface area contributed by atoms with Gasteiger partial charge in [0.25, 0.3) is 0 Å². The lowest BCUT2D eigenvalue weighted by atomic mass is 9.82. The Balaban J connectivity index is 1.72. The van der Waals surface area contributed by atoms with Gasteiger partial charge in [-0.1, -0.05) is 54.6 Å².